The predicted molar refractivity (Wildman–Crippen MR) is 145 cm³/mol. The zero-order valence-electron chi connectivity index (χ0n) is 21.1. The Morgan fingerprint density at radius 1 is 1.08 bits per heavy atom. The highest BCUT2D eigenvalue weighted by Gasteiger charge is 2.54. The fourth-order valence-corrected chi connectivity index (χ4v) is 6.65. The number of halogens is 2. The lowest BCUT2D eigenvalue weighted by molar-refractivity contribution is -0.157. The number of rotatable bonds is 7. The first-order chi connectivity index (χ1) is 18.2. The number of hydrogen-bond acceptors (Lipinski definition) is 3. The molecule has 1 N–H and O–H groups in total. The van der Waals surface area contributed by atoms with Crippen molar-refractivity contribution >= 4 is 34.3 Å². The summed E-state index contributed by atoms with van der Waals surface area (Å²) in [6, 6.07) is 14.7. The summed E-state index contributed by atoms with van der Waals surface area (Å²) in [5, 5.41) is 10.2. The van der Waals surface area contributed by atoms with Gasteiger partial charge in [-0.3, -0.25) is 14.6 Å². The Morgan fingerprint density at radius 3 is 2.50 bits per heavy atom. The van der Waals surface area contributed by atoms with E-state index >= 15 is 0 Å². The Morgan fingerprint density at radius 2 is 1.82 bits per heavy atom. The van der Waals surface area contributed by atoms with Crippen molar-refractivity contribution in [2.24, 2.45) is 17.3 Å². The summed E-state index contributed by atoms with van der Waals surface area (Å²) in [4.78, 5) is 28.9. The molecule has 0 bridgehead atoms. The number of aliphatic carboxylic acids is 1. The summed E-state index contributed by atoms with van der Waals surface area (Å²) in [6.45, 7) is 2.37. The van der Waals surface area contributed by atoms with Crippen molar-refractivity contribution in [1.29, 1.82) is 0 Å². The maximum atomic E-state index is 14.7. The highest BCUT2D eigenvalue weighted by molar-refractivity contribution is 6.31. The van der Waals surface area contributed by atoms with Crippen LogP contribution in [0, 0.1) is 30.0 Å². The fourth-order valence-electron chi connectivity index (χ4n) is 6.49. The molecule has 7 heteroatoms. The number of aromatic nitrogens is 2. The number of carboxylic acids is 1. The minimum atomic E-state index is -0.712. The summed E-state index contributed by atoms with van der Waals surface area (Å²) >= 11 is 6.24. The SMILES string of the molecule is Cc1ncc(-c2ccc(Cn3ccc4c(F)ccc(C(=O)CC5CC6(C5)CC(C(=O)O)C6)c43)cc2)cc1Cl. The van der Waals surface area contributed by atoms with Gasteiger partial charge in [-0.25, -0.2) is 4.39 Å². The molecule has 2 heterocycles. The zero-order chi connectivity index (χ0) is 26.6. The lowest BCUT2D eigenvalue weighted by atomic mass is 9.47. The molecule has 5 nitrogen and oxygen atoms in total. The van der Waals surface area contributed by atoms with Crippen molar-refractivity contribution in [1.82, 2.24) is 9.55 Å². The van der Waals surface area contributed by atoms with E-state index < -0.39 is 5.97 Å². The number of Topliss-reactive ketones (excluding diaryl/α,β-unsaturated/α-hetero) is 1. The molecule has 2 aliphatic carbocycles. The van der Waals surface area contributed by atoms with E-state index in [9.17, 15) is 14.0 Å². The Kier molecular flexibility index (Phi) is 6.10. The number of ketones is 1. The third-order valence-corrected chi connectivity index (χ3v) is 8.85. The molecule has 0 saturated heterocycles. The maximum Gasteiger partial charge on any atom is 0.306 e. The molecule has 2 aliphatic rings. The van der Waals surface area contributed by atoms with Gasteiger partial charge in [0.05, 0.1) is 22.2 Å². The summed E-state index contributed by atoms with van der Waals surface area (Å²) < 4.78 is 16.6. The second-order valence-electron chi connectivity index (χ2n) is 11.1. The standard InChI is InChI=1S/C31H28ClFN2O3/c1-18-26(32)11-22(16-34-18)21-4-2-19(3-5-21)17-35-9-8-24-27(33)7-6-25(29(24)35)28(36)10-20-12-31(13-20)14-23(15-31)30(37)38/h2-9,11,16,20,23H,10,12-15,17H2,1H3,(H,37,38). The van der Waals surface area contributed by atoms with E-state index in [0.717, 1.165) is 48.1 Å². The van der Waals surface area contributed by atoms with Crippen LogP contribution in [-0.4, -0.2) is 26.4 Å². The molecule has 38 heavy (non-hydrogen) atoms. The quantitative estimate of drug-likeness (QED) is 0.254. The number of aryl methyl sites for hydroxylation is 1. The number of fused-ring (bicyclic) bond motifs is 1. The topological polar surface area (TPSA) is 72.2 Å². The van der Waals surface area contributed by atoms with E-state index in [2.05, 4.69) is 4.98 Å². The number of benzene rings is 2. The van der Waals surface area contributed by atoms with Gasteiger partial charge in [0, 0.05) is 41.9 Å². The number of carbonyl (C=O) groups excluding carboxylic acids is 1. The van der Waals surface area contributed by atoms with Gasteiger partial charge in [-0.2, -0.15) is 0 Å². The van der Waals surface area contributed by atoms with Gasteiger partial charge in [0.1, 0.15) is 5.82 Å². The fraction of sp³-hybridized carbons (Fsp3) is 0.323. The van der Waals surface area contributed by atoms with Crippen LogP contribution in [0.5, 0.6) is 0 Å². The Balaban J connectivity index is 1.19. The first-order valence-corrected chi connectivity index (χ1v) is 13.3. The molecule has 0 unspecified atom stereocenters. The van der Waals surface area contributed by atoms with Crippen LogP contribution in [0.4, 0.5) is 4.39 Å². The van der Waals surface area contributed by atoms with Gasteiger partial charge in [-0.15, -0.1) is 0 Å². The molecule has 6 rings (SSSR count). The van der Waals surface area contributed by atoms with Crippen molar-refractivity contribution in [3.05, 3.63) is 88.6 Å². The van der Waals surface area contributed by atoms with Crippen molar-refractivity contribution in [3.63, 3.8) is 0 Å². The van der Waals surface area contributed by atoms with Gasteiger partial charge in [0.15, 0.2) is 5.78 Å². The van der Waals surface area contributed by atoms with Gasteiger partial charge in [-0.1, -0.05) is 35.9 Å². The number of carbonyl (C=O) groups is 2. The van der Waals surface area contributed by atoms with Crippen LogP contribution in [0.15, 0.2) is 60.9 Å². The smallest absolute Gasteiger partial charge is 0.306 e. The Labute approximate surface area is 225 Å². The van der Waals surface area contributed by atoms with Crippen LogP contribution in [0.3, 0.4) is 0 Å². The highest BCUT2D eigenvalue weighted by Crippen LogP contribution is 2.62. The largest absolute Gasteiger partial charge is 0.481 e. The molecular weight excluding hydrogens is 503 g/mol. The molecule has 2 fully saturated rings. The molecule has 0 amide bonds. The first kappa shape index (κ1) is 24.8. The van der Waals surface area contributed by atoms with Gasteiger partial charge >= 0.3 is 5.97 Å². The summed E-state index contributed by atoms with van der Waals surface area (Å²) in [7, 11) is 0. The van der Waals surface area contributed by atoms with Gasteiger partial charge < -0.3 is 9.67 Å². The zero-order valence-corrected chi connectivity index (χ0v) is 21.8. The third kappa shape index (κ3) is 4.41. The van der Waals surface area contributed by atoms with Crippen molar-refractivity contribution in [3.8, 4) is 11.1 Å². The molecule has 2 saturated carbocycles. The van der Waals surface area contributed by atoms with E-state index in [1.54, 1.807) is 18.3 Å². The van der Waals surface area contributed by atoms with Crippen LogP contribution in [0.25, 0.3) is 22.0 Å². The lowest BCUT2D eigenvalue weighted by Gasteiger charge is -2.56. The molecule has 4 aromatic rings. The number of pyridine rings is 1. The molecule has 2 aromatic heterocycles. The van der Waals surface area contributed by atoms with Crippen LogP contribution in [-0.2, 0) is 11.3 Å². The monoisotopic (exact) mass is 530 g/mol. The average molecular weight is 531 g/mol. The third-order valence-electron chi connectivity index (χ3n) is 8.46. The average Bonchev–Trinajstić information content (AvgIpc) is 3.26. The Hall–Kier alpha value is -3.51. The van der Waals surface area contributed by atoms with Crippen LogP contribution >= 0.6 is 11.6 Å². The van der Waals surface area contributed by atoms with Gasteiger partial charge in [-0.05, 0) is 79.3 Å². The molecule has 2 aromatic carbocycles. The normalized spacial score (nSPS) is 22.3. The van der Waals surface area contributed by atoms with Crippen molar-refractivity contribution < 1.29 is 19.1 Å². The summed E-state index contributed by atoms with van der Waals surface area (Å²) in [6.07, 6.45) is 7.31. The molecule has 0 aliphatic heterocycles. The van der Waals surface area contributed by atoms with Crippen LogP contribution < -0.4 is 0 Å². The molecule has 0 atom stereocenters. The molecule has 194 valence electrons. The maximum absolute atomic E-state index is 14.7. The number of hydrogen-bond donors (Lipinski definition) is 1. The second-order valence-corrected chi connectivity index (χ2v) is 11.5. The van der Waals surface area contributed by atoms with Gasteiger partial charge in [0.25, 0.3) is 0 Å². The van der Waals surface area contributed by atoms with Crippen molar-refractivity contribution in [2.75, 3.05) is 0 Å². The minimum Gasteiger partial charge on any atom is -0.481 e. The molecule has 1 spiro atoms. The number of nitrogens with zero attached hydrogens (tertiary/aromatic N) is 2. The van der Waals surface area contributed by atoms with E-state index in [-0.39, 0.29) is 28.9 Å². The van der Waals surface area contributed by atoms with E-state index in [1.165, 1.54) is 6.07 Å². The van der Waals surface area contributed by atoms with Crippen LogP contribution in [0.2, 0.25) is 5.02 Å². The van der Waals surface area contributed by atoms with E-state index in [1.807, 2.05) is 48.0 Å². The van der Waals surface area contributed by atoms with Gasteiger partial charge in [0.2, 0.25) is 0 Å². The first-order valence-electron chi connectivity index (χ1n) is 13.0. The van der Waals surface area contributed by atoms with E-state index in [0.29, 0.717) is 34.5 Å². The minimum absolute atomic E-state index is 0.0167. The second kappa shape index (κ2) is 9.35. The molecule has 0 radical (unpaired) electrons. The summed E-state index contributed by atoms with van der Waals surface area (Å²) in [5.41, 5.74) is 5.04. The predicted octanol–water partition coefficient (Wildman–Crippen LogP) is 7.32. The lowest BCUT2D eigenvalue weighted by Crippen LogP contribution is -2.50. The number of carboxylic acid groups (broad SMARTS) is 1. The van der Waals surface area contributed by atoms with E-state index in [4.69, 9.17) is 16.7 Å². The van der Waals surface area contributed by atoms with Crippen molar-refractivity contribution in [2.45, 2.75) is 45.6 Å². The highest BCUT2D eigenvalue weighted by atomic mass is 35.5. The van der Waals surface area contributed by atoms with Crippen LogP contribution in [0.1, 0.15) is 53.7 Å². The Bertz CT molecular complexity index is 1560. The molecular formula is C31H28ClFN2O3. The summed E-state index contributed by atoms with van der Waals surface area (Å²) in [5.74, 6) is -1.00.